The molecule has 22 heavy (non-hydrogen) atoms. The van der Waals surface area contributed by atoms with Crippen molar-refractivity contribution >= 4 is 22.8 Å². The lowest BCUT2D eigenvalue weighted by Gasteiger charge is -2.19. The molecule has 1 atom stereocenters. The van der Waals surface area contributed by atoms with Gasteiger partial charge in [0.1, 0.15) is 0 Å². The van der Waals surface area contributed by atoms with Crippen LogP contribution in [0.15, 0.2) is 48.7 Å². The van der Waals surface area contributed by atoms with E-state index < -0.39 is 18.0 Å². The lowest BCUT2D eigenvalue weighted by molar-refractivity contribution is -0.147. The lowest BCUT2D eigenvalue weighted by Crippen LogP contribution is -2.18. The van der Waals surface area contributed by atoms with Crippen LogP contribution in [0.25, 0.3) is 10.9 Å². The van der Waals surface area contributed by atoms with Crippen molar-refractivity contribution in [3.05, 3.63) is 54.2 Å². The first-order valence-electron chi connectivity index (χ1n) is 6.90. The first kappa shape index (κ1) is 15.7. The van der Waals surface area contributed by atoms with E-state index in [1.54, 1.807) is 25.3 Å². The number of fused-ring (bicyclic) bond motifs is 1. The van der Waals surface area contributed by atoms with Crippen molar-refractivity contribution in [2.45, 2.75) is 20.0 Å². The van der Waals surface area contributed by atoms with E-state index in [2.05, 4.69) is 11.6 Å². The zero-order valence-electron chi connectivity index (χ0n) is 12.5. The van der Waals surface area contributed by atoms with Gasteiger partial charge in [-0.15, -0.1) is 0 Å². The van der Waals surface area contributed by atoms with Crippen molar-refractivity contribution in [1.29, 1.82) is 0 Å². The maximum absolute atomic E-state index is 11.9. The minimum Gasteiger partial charge on any atom is -0.463 e. The number of esters is 2. The number of carbonyl (C=O) groups is 2. The van der Waals surface area contributed by atoms with Crippen molar-refractivity contribution in [1.82, 2.24) is 4.98 Å². The topological polar surface area (TPSA) is 65.5 Å². The molecule has 0 saturated carbocycles. The number of pyridine rings is 1. The number of aromatic nitrogens is 1. The Hall–Kier alpha value is -2.69. The lowest BCUT2D eigenvalue weighted by atomic mass is 10.0. The van der Waals surface area contributed by atoms with Crippen LogP contribution in [0, 0.1) is 0 Å². The predicted octanol–water partition coefficient (Wildman–Crippen LogP) is 2.96. The van der Waals surface area contributed by atoms with Gasteiger partial charge in [0.15, 0.2) is 6.10 Å². The predicted molar refractivity (Wildman–Crippen MR) is 82.0 cm³/mol. The number of ether oxygens (including phenoxy) is 2. The highest BCUT2D eigenvalue weighted by Gasteiger charge is 2.25. The molecule has 5 heteroatoms. The molecule has 0 spiro atoms. The Bertz CT molecular complexity index is 723. The summed E-state index contributed by atoms with van der Waals surface area (Å²) in [7, 11) is 0. The first-order valence-corrected chi connectivity index (χ1v) is 6.90. The molecule has 0 bridgehead atoms. The van der Waals surface area contributed by atoms with E-state index in [-0.39, 0.29) is 12.2 Å². The summed E-state index contributed by atoms with van der Waals surface area (Å²) in [5.74, 6) is -1.08. The molecule has 2 rings (SSSR count). The van der Waals surface area contributed by atoms with Crippen LogP contribution in [-0.4, -0.2) is 23.5 Å². The Morgan fingerprint density at radius 3 is 2.77 bits per heavy atom. The molecule has 1 unspecified atom stereocenters. The molecule has 1 heterocycles. The van der Waals surface area contributed by atoms with Gasteiger partial charge < -0.3 is 9.47 Å². The normalized spacial score (nSPS) is 11.7. The van der Waals surface area contributed by atoms with Crippen LogP contribution in [0.3, 0.4) is 0 Å². The largest absolute Gasteiger partial charge is 0.463 e. The molecule has 5 nitrogen and oxygen atoms in total. The molecule has 0 saturated heterocycles. The second-order valence-electron chi connectivity index (χ2n) is 4.69. The standard InChI is InChI=1S/C17H17NO4/c1-4-21-17(20)11(2)16(22-12(3)19)14-7-8-15-13(10-14)6-5-9-18-15/h5-10,16H,2,4H2,1,3H3. The summed E-state index contributed by atoms with van der Waals surface area (Å²) in [4.78, 5) is 27.5. The van der Waals surface area contributed by atoms with Gasteiger partial charge in [-0.25, -0.2) is 4.79 Å². The van der Waals surface area contributed by atoms with Crippen LogP contribution in [0.4, 0.5) is 0 Å². The van der Waals surface area contributed by atoms with Gasteiger partial charge in [0, 0.05) is 18.5 Å². The summed E-state index contributed by atoms with van der Waals surface area (Å²) in [6.07, 6.45) is 0.824. The Morgan fingerprint density at radius 1 is 1.32 bits per heavy atom. The SMILES string of the molecule is C=C(C(=O)OCC)C(OC(C)=O)c1ccc2ncccc2c1. The molecule has 0 aliphatic rings. The summed E-state index contributed by atoms with van der Waals surface area (Å²) in [5.41, 5.74) is 1.55. The summed E-state index contributed by atoms with van der Waals surface area (Å²) in [5, 5.41) is 0.883. The smallest absolute Gasteiger partial charge is 0.337 e. The third-order valence-electron chi connectivity index (χ3n) is 3.07. The van der Waals surface area contributed by atoms with Crippen LogP contribution in [0.1, 0.15) is 25.5 Å². The van der Waals surface area contributed by atoms with E-state index in [0.717, 1.165) is 10.9 Å². The average Bonchev–Trinajstić information content (AvgIpc) is 2.51. The molecular weight excluding hydrogens is 282 g/mol. The molecule has 1 aromatic carbocycles. The molecule has 0 fully saturated rings. The maximum atomic E-state index is 11.9. The fourth-order valence-electron chi connectivity index (χ4n) is 2.09. The maximum Gasteiger partial charge on any atom is 0.337 e. The minimum absolute atomic E-state index is 0.0836. The van der Waals surface area contributed by atoms with E-state index in [1.165, 1.54) is 6.92 Å². The number of benzene rings is 1. The van der Waals surface area contributed by atoms with Crippen LogP contribution < -0.4 is 0 Å². The van der Waals surface area contributed by atoms with E-state index in [1.807, 2.05) is 18.2 Å². The molecule has 1 aromatic heterocycles. The van der Waals surface area contributed by atoms with Gasteiger partial charge in [0.2, 0.25) is 0 Å². The number of nitrogens with zero attached hydrogens (tertiary/aromatic N) is 1. The second-order valence-corrected chi connectivity index (χ2v) is 4.69. The van der Waals surface area contributed by atoms with E-state index >= 15 is 0 Å². The summed E-state index contributed by atoms with van der Waals surface area (Å²) in [6.45, 7) is 6.93. The van der Waals surface area contributed by atoms with Gasteiger partial charge in [0.25, 0.3) is 0 Å². The highest BCUT2D eigenvalue weighted by Crippen LogP contribution is 2.28. The summed E-state index contributed by atoms with van der Waals surface area (Å²) >= 11 is 0. The molecular formula is C17H17NO4. The molecule has 0 N–H and O–H groups in total. The van der Waals surface area contributed by atoms with Crippen molar-refractivity contribution < 1.29 is 19.1 Å². The number of rotatable bonds is 5. The zero-order chi connectivity index (χ0) is 16.1. The van der Waals surface area contributed by atoms with E-state index in [4.69, 9.17) is 9.47 Å². The minimum atomic E-state index is -0.874. The van der Waals surface area contributed by atoms with Gasteiger partial charge in [-0.2, -0.15) is 0 Å². The average molecular weight is 299 g/mol. The summed E-state index contributed by atoms with van der Waals surface area (Å²) < 4.78 is 10.2. The Kier molecular flexibility index (Phi) is 4.88. The van der Waals surface area contributed by atoms with Gasteiger partial charge in [0.05, 0.1) is 17.7 Å². The van der Waals surface area contributed by atoms with Gasteiger partial charge in [-0.05, 0) is 30.7 Å². The van der Waals surface area contributed by atoms with Crippen LogP contribution in [0.5, 0.6) is 0 Å². The third kappa shape index (κ3) is 3.49. The number of hydrogen-bond acceptors (Lipinski definition) is 5. The van der Waals surface area contributed by atoms with Crippen molar-refractivity contribution in [3.63, 3.8) is 0 Å². The van der Waals surface area contributed by atoms with E-state index in [0.29, 0.717) is 5.56 Å². The van der Waals surface area contributed by atoms with Crippen LogP contribution in [-0.2, 0) is 19.1 Å². The van der Waals surface area contributed by atoms with Gasteiger partial charge in [-0.3, -0.25) is 9.78 Å². The Morgan fingerprint density at radius 2 is 2.09 bits per heavy atom. The molecule has 0 amide bonds. The molecule has 2 aromatic rings. The fraction of sp³-hybridized carbons (Fsp3) is 0.235. The van der Waals surface area contributed by atoms with Crippen molar-refractivity contribution in [2.24, 2.45) is 0 Å². The van der Waals surface area contributed by atoms with Crippen LogP contribution in [0.2, 0.25) is 0 Å². The highest BCUT2D eigenvalue weighted by atomic mass is 16.6. The Balaban J connectivity index is 2.40. The zero-order valence-corrected chi connectivity index (χ0v) is 12.5. The van der Waals surface area contributed by atoms with Gasteiger partial charge in [-0.1, -0.05) is 18.7 Å². The van der Waals surface area contributed by atoms with Crippen LogP contribution >= 0.6 is 0 Å². The van der Waals surface area contributed by atoms with Gasteiger partial charge >= 0.3 is 11.9 Å². The number of hydrogen-bond donors (Lipinski definition) is 0. The summed E-state index contributed by atoms with van der Waals surface area (Å²) in [6, 6.07) is 9.09. The third-order valence-corrected chi connectivity index (χ3v) is 3.07. The van der Waals surface area contributed by atoms with Crippen molar-refractivity contribution in [2.75, 3.05) is 6.61 Å². The number of carbonyl (C=O) groups excluding carboxylic acids is 2. The first-order chi connectivity index (χ1) is 10.5. The van der Waals surface area contributed by atoms with Crippen molar-refractivity contribution in [3.8, 4) is 0 Å². The monoisotopic (exact) mass is 299 g/mol. The van der Waals surface area contributed by atoms with E-state index in [9.17, 15) is 9.59 Å². The Labute approximate surface area is 128 Å². The quantitative estimate of drug-likeness (QED) is 0.627. The highest BCUT2D eigenvalue weighted by molar-refractivity contribution is 5.90. The molecule has 0 aliphatic carbocycles. The molecule has 0 aliphatic heterocycles. The molecule has 0 radical (unpaired) electrons. The second kappa shape index (κ2) is 6.85. The molecule has 114 valence electrons. The fourth-order valence-corrected chi connectivity index (χ4v) is 2.09.